The minimum absolute atomic E-state index is 0.213. The van der Waals surface area contributed by atoms with Crippen LogP contribution in [0.15, 0.2) is 29.3 Å². The topological polar surface area (TPSA) is 87.6 Å². The van der Waals surface area contributed by atoms with Crippen molar-refractivity contribution in [3.05, 3.63) is 39.7 Å². The van der Waals surface area contributed by atoms with Gasteiger partial charge in [0.15, 0.2) is 4.77 Å². The van der Waals surface area contributed by atoms with Crippen LogP contribution < -0.4 is 11.3 Å². The first-order valence-electron chi connectivity index (χ1n) is 4.21. The molecule has 0 saturated heterocycles. The Morgan fingerprint density at radius 3 is 2.80 bits per heavy atom. The van der Waals surface area contributed by atoms with Crippen LogP contribution >= 0.6 is 12.2 Å². The van der Waals surface area contributed by atoms with Crippen LogP contribution in [0.25, 0.3) is 11.1 Å². The molecule has 6 heteroatoms. The minimum Gasteiger partial charge on any atom is -0.385 e. The van der Waals surface area contributed by atoms with Gasteiger partial charge in [0.2, 0.25) is 0 Å². The lowest BCUT2D eigenvalue weighted by atomic mass is 10.1. The second-order valence-corrected chi connectivity index (χ2v) is 3.35. The molecule has 5 nitrogen and oxygen atoms in total. The fourth-order valence-corrected chi connectivity index (χ4v) is 1.50. The van der Waals surface area contributed by atoms with E-state index in [1.807, 2.05) is 0 Å². The number of nitrogens with zero attached hydrogens (tertiary/aromatic N) is 1. The largest absolute Gasteiger partial charge is 0.385 e. The molecule has 0 radical (unpaired) electrons. The van der Waals surface area contributed by atoms with E-state index in [4.69, 9.17) is 18.0 Å². The molecule has 0 aliphatic rings. The van der Waals surface area contributed by atoms with Gasteiger partial charge in [0.25, 0.3) is 5.56 Å². The van der Waals surface area contributed by atoms with Crippen molar-refractivity contribution in [2.24, 2.45) is 0 Å². The molecule has 0 aliphatic carbocycles. The summed E-state index contributed by atoms with van der Waals surface area (Å²) < 4.78 is 0.213. The van der Waals surface area contributed by atoms with Crippen LogP contribution in [0.1, 0.15) is 0 Å². The zero-order chi connectivity index (χ0) is 10.8. The number of rotatable bonds is 1. The van der Waals surface area contributed by atoms with Gasteiger partial charge in [-0.25, -0.2) is 0 Å². The van der Waals surface area contributed by atoms with E-state index in [1.54, 1.807) is 24.5 Å². The molecule has 0 bridgehead atoms. The molecule has 0 aliphatic heterocycles. The van der Waals surface area contributed by atoms with Gasteiger partial charge in [0.05, 0.1) is 5.56 Å². The van der Waals surface area contributed by atoms with Crippen molar-refractivity contribution < 1.29 is 0 Å². The van der Waals surface area contributed by atoms with E-state index < -0.39 is 0 Å². The summed E-state index contributed by atoms with van der Waals surface area (Å²) in [6.07, 6.45) is 3.19. The predicted octanol–water partition coefficient (Wildman–Crippen LogP) is 1.08. The summed E-state index contributed by atoms with van der Waals surface area (Å²) in [4.78, 5) is 20.7. The highest BCUT2D eigenvalue weighted by Gasteiger charge is 2.07. The SMILES string of the molecule is Nc1[nH]c(=S)[nH]c(=O)c1-c1cccnc1. The maximum Gasteiger partial charge on any atom is 0.261 e. The van der Waals surface area contributed by atoms with Crippen molar-refractivity contribution >= 4 is 18.0 Å². The summed E-state index contributed by atoms with van der Waals surface area (Å²) in [6, 6.07) is 3.49. The molecule has 0 fully saturated rings. The molecule has 0 aromatic carbocycles. The Labute approximate surface area is 90.0 Å². The number of pyridine rings is 1. The van der Waals surface area contributed by atoms with Crippen molar-refractivity contribution in [3.63, 3.8) is 0 Å². The summed E-state index contributed by atoms with van der Waals surface area (Å²) >= 11 is 4.79. The lowest BCUT2D eigenvalue weighted by Crippen LogP contribution is -2.13. The fourth-order valence-electron chi connectivity index (χ4n) is 1.30. The molecule has 15 heavy (non-hydrogen) atoms. The molecule has 0 amide bonds. The van der Waals surface area contributed by atoms with Gasteiger partial charge in [-0.15, -0.1) is 0 Å². The highest BCUT2D eigenvalue weighted by atomic mass is 32.1. The van der Waals surface area contributed by atoms with Gasteiger partial charge in [0, 0.05) is 18.0 Å². The number of aromatic amines is 2. The number of hydrogen-bond acceptors (Lipinski definition) is 4. The Hall–Kier alpha value is -1.95. The van der Waals surface area contributed by atoms with E-state index >= 15 is 0 Å². The Bertz CT molecular complexity index is 587. The third-order valence-electron chi connectivity index (χ3n) is 1.92. The highest BCUT2D eigenvalue weighted by molar-refractivity contribution is 7.71. The molecule has 2 rings (SSSR count). The molecule has 0 saturated carbocycles. The molecule has 4 N–H and O–H groups in total. The maximum atomic E-state index is 11.6. The first-order valence-corrected chi connectivity index (χ1v) is 4.62. The average Bonchev–Trinajstić information content (AvgIpc) is 2.17. The summed E-state index contributed by atoms with van der Waals surface area (Å²) in [7, 11) is 0. The Morgan fingerprint density at radius 2 is 2.20 bits per heavy atom. The van der Waals surface area contributed by atoms with Crippen molar-refractivity contribution in [1.29, 1.82) is 0 Å². The number of nitrogens with one attached hydrogen (secondary N) is 2. The molecule has 2 heterocycles. The smallest absolute Gasteiger partial charge is 0.261 e. The Kier molecular flexibility index (Phi) is 2.34. The van der Waals surface area contributed by atoms with E-state index in [-0.39, 0.29) is 16.1 Å². The maximum absolute atomic E-state index is 11.6. The van der Waals surface area contributed by atoms with E-state index in [0.717, 1.165) is 0 Å². The molecular formula is C9H8N4OS. The number of nitrogens with two attached hydrogens (primary N) is 1. The lowest BCUT2D eigenvalue weighted by molar-refractivity contribution is 1.10. The highest BCUT2D eigenvalue weighted by Crippen LogP contribution is 2.17. The van der Waals surface area contributed by atoms with Crippen molar-refractivity contribution in [1.82, 2.24) is 15.0 Å². The van der Waals surface area contributed by atoms with Crippen LogP contribution in [0.2, 0.25) is 0 Å². The van der Waals surface area contributed by atoms with Gasteiger partial charge >= 0.3 is 0 Å². The van der Waals surface area contributed by atoms with E-state index in [9.17, 15) is 4.79 Å². The van der Waals surface area contributed by atoms with Crippen LogP contribution in [0.3, 0.4) is 0 Å². The standard InChI is InChI=1S/C9H8N4OS/c10-7-6(5-2-1-3-11-4-5)8(14)13-9(15)12-7/h1-4H,(H4,10,12,13,14,15). The second-order valence-electron chi connectivity index (χ2n) is 2.94. The first-order chi connectivity index (χ1) is 7.18. The van der Waals surface area contributed by atoms with Crippen LogP contribution in [0.4, 0.5) is 5.82 Å². The fraction of sp³-hybridized carbons (Fsp3) is 0. The van der Waals surface area contributed by atoms with Gasteiger partial charge in [-0.1, -0.05) is 6.07 Å². The monoisotopic (exact) mass is 220 g/mol. The van der Waals surface area contributed by atoms with Crippen molar-refractivity contribution in [3.8, 4) is 11.1 Å². The summed E-state index contributed by atoms with van der Waals surface area (Å²) in [5.74, 6) is 0.247. The molecule has 2 aromatic heterocycles. The second kappa shape index (κ2) is 3.66. The van der Waals surface area contributed by atoms with Gasteiger partial charge in [-0.3, -0.25) is 14.8 Å². The predicted molar refractivity (Wildman–Crippen MR) is 59.9 cm³/mol. The Balaban J connectivity index is 2.75. The van der Waals surface area contributed by atoms with E-state index in [0.29, 0.717) is 11.1 Å². The number of H-pyrrole nitrogens is 2. The molecule has 0 unspecified atom stereocenters. The number of anilines is 1. The number of hydrogen-bond donors (Lipinski definition) is 3. The molecular weight excluding hydrogens is 212 g/mol. The normalized spacial score (nSPS) is 10.1. The summed E-state index contributed by atoms with van der Waals surface area (Å²) in [6.45, 7) is 0. The van der Waals surface area contributed by atoms with Gasteiger partial charge in [-0.05, 0) is 18.3 Å². The lowest BCUT2D eigenvalue weighted by Gasteiger charge is -2.03. The zero-order valence-corrected chi connectivity index (χ0v) is 8.47. The van der Waals surface area contributed by atoms with Gasteiger partial charge < -0.3 is 10.7 Å². The van der Waals surface area contributed by atoms with Crippen LogP contribution in [0, 0.1) is 4.77 Å². The minimum atomic E-state index is -0.316. The van der Waals surface area contributed by atoms with Gasteiger partial charge in [0.1, 0.15) is 5.82 Å². The van der Waals surface area contributed by atoms with E-state index in [2.05, 4.69) is 15.0 Å². The van der Waals surface area contributed by atoms with Crippen LogP contribution in [-0.4, -0.2) is 15.0 Å². The van der Waals surface area contributed by atoms with Crippen molar-refractivity contribution in [2.45, 2.75) is 0 Å². The van der Waals surface area contributed by atoms with Gasteiger partial charge in [-0.2, -0.15) is 0 Å². The van der Waals surface area contributed by atoms with Crippen molar-refractivity contribution in [2.75, 3.05) is 5.73 Å². The van der Waals surface area contributed by atoms with E-state index in [1.165, 1.54) is 0 Å². The molecule has 0 spiro atoms. The molecule has 76 valence electrons. The van der Waals surface area contributed by atoms with Crippen LogP contribution in [0.5, 0.6) is 0 Å². The number of aromatic nitrogens is 3. The third-order valence-corrected chi connectivity index (χ3v) is 2.13. The summed E-state index contributed by atoms with van der Waals surface area (Å²) in [5, 5.41) is 0. The first kappa shape index (κ1) is 9.60. The quantitative estimate of drug-likeness (QED) is 0.627. The number of nitrogen functional groups attached to an aromatic ring is 1. The zero-order valence-electron chi connectivity index (χ0n) is 7.65. The molecule has 0 atom stereocenters. The third kappa shape index (κ3) is 1.79. The molecule has 2 aromatic rings. The Morgan fingerprint density at radius 1 is 1.40 bits per heavy atom. The van der Waals surface area contributed by atoms with Crippen LogP contribution in [-0.2, 0) is 0 Å². The summed E-state index contributed by atoms with van der Waals surface area (Å²) in [5.41, 5.74) is 6.38. The average molecular weight is 220 g/mol.